The van der Waals surface area contributed by atoms with Crippen molar-refractivity contribution in [2.75, 3.05) is 19.8 Å². The maximum Gasteiger partial charge on any atom is 0.306 e. The SMILES string of the molecule is CCOC(=O)CC(c1ccccc1)c1c[nH]c2cc(OCCCN3C(=O)c4ccccc4C3=O)ccc12. The van der Waals surface area contributed by atoms with Gasteiger partial charge in [-0.1, -0.05) is 42.5 Å². The lowest BCUT2D eigenvalue weighted by molar-refractivity contribution is -0.143. The molecule has 2 heterocycles. The highest BCUT2D eigenvalue weighted by molar-refractivity contribution is 6.21. The molecule has 0 saturated carbocycles. The predicted octanol–water partition coefficient (Wildman–Crippen LogP) is 5.32. The molecule has 7 nitrogen and oxygen atoms in total. The lowest BCUT2D eigenvalue weighted by Crippen LogP contribution is -2.31. The third-order valence-corrected chi connectivity index (χ3v) is 6.61. The minimum Gasteiger partial charge on any atom is -0.493 e. The maximum atomic E-state index is 12.5. The molecular weight excluding hydrogens is 468 g/mol. The number of fused-ring (bicyclic) bond motifs is 2. The number of imide groups is 1. The van der Waals surface area contributed by atoms with Crippen molar-refractivity contribution in [1.82, 2.24) is 9.88 Å². The maximum absolute atomic E-state index is 12.5. The van der Waals surface area contributed by atoms with Crippen molar-refractivity contribution >= 4 is 28.7 Å². The number of nitrogens with one attached hydrogen (secondary N) is 1. The Hall–Kier alpha value is -4.39. The average Bonchev–Trinajstić information content (AvgIpc) is 3.44. The highest BCUT2D eigenvalue weighted by Gasteiger charge is 2.34. The molecule has 7 heteroatoms. The summed E-state index contributed by atoms with van der Waals surface area (Å²) in [6, 6.07) is 22.6. The molecule has 1 unspecified atom stereocenters. The van der Waals surface area contributed by atoms with Gasteiger partial charge in [0.2, 0.25) is 0 Å². The van der Waals surface area contributed by atoms with E-state index in [-0.39, 0.29) is 30.1 Å². The van der Waals surface area contributed by atoms with Crippen LogP contribution in [0.3, 0.4) is 0 Å². The van der Waals surface area contributed by atoms with E-state index in [9.17, 15) is 14.4 Å². The number of esters is 1. The van der Waals surface area contributed by atoms with Crippen LogP contribution in [0.4, 0.5) is 0 Å². The highest BCUT2D eigenvalue weighted by Crippen LogP contribution is 2.35. The summed E-state index contributed by atoms with van der Waals surface area (Å²) in [6.45, 7) is 2.82. The van der Waals surface area contributed by atoms with Crippen LogP contribution in [-0.4, -0.2) is 47.4 Å². The number of rotatable bonds is 10. The number of hydrogen-bond acceptors (Lipinski definition) is 5. The van der Waals surface area contributed by atoms with E-state index < -0.39 is 0 Å². The number of aromatic nitrogens is 1. The zero-order valence-electron chi connectivity index (χ0n) is 20.6. The van der Waals surface area contributed by atoms with Gasteiger partial charge in [0.15, 0.2) is 0 Å². The average molecular weight is 497 g/mol. The Labute approximate surface area is 215 Å². The standard InChI is InChI=1S/C30H28N2O5/c1-2-36-28(33)18-25(20-9-4-3-5-10-20)26-19-31-27-17-21(13-14-22(26)27)37-16-8-15-32-29(34)23-11-6-7-12-24(23)30(32)35/h3-7,9-14,17,19,25,31H,2,8,15-16,18H2,1H3. The summed E-state index contributed by atoms with van der Waals surface area (Å²) < 4.78 is 11.2. The summed E-state index contributed by atoms with van der Waals surface area (Å²) >= 11 is 0. The molecule has 188 valence electrons. The van der Waals surface area contributed by atoms with E-state index in [0.717, 1.165) is 22.0 Å². The van der Waals surface area contributed by atoms with Crippen molar-refractivity contribution in [3.05, 3.63) is 101 Å². The summed E-state index contributed by atoms with van der Waals surface area (Å²) in [5.74, 6) is -0.192. The molecule has 0 spiro atoms. The summed E-state index contributed by atoms with van der Waals surface area (Å²) in [4.78, 5) is 42.0. The van der Waals surface area contributed by atoms with Crippen molar-refractivity contribution < 1.29 is 23.9 Å². The number of carbonyl (C=O) groups excluding carboxylic acids is 3. The van der Waals surface area contributed by atoms with Crippen LogP contribution in [0.2, 0.25) is 0 Å². The Morgan fingerprint density at radius 1 is 0.946 bits per heavy atom. The smallest absolute Gasteiger partial charge is 0.306 e. The van der Waals surface area contributed by atoms with Gasteiger partial charge < -0.3 is 14.5 Å². The summed E-state index contributed by atoms with van der Waals surface area (Å²) in [5.41, 5.74) is 3.88. The van der Waals surface area contributed by atoms with E-state index in [1.807, 2.05) is 61.7 Å². The number of amides is 2. The van der Waals surface area contributed by atoms with Crippen LogP contribution < -0.4 is 4.74 Å². The molecule has 2 amide bonds. The van der Waals surface area contributed by atoms with Crippen molar-refractivity contribution in [2.45, 2.75) is 25.7 Å². The van der Waals surface area contributed by atoms with Crippen LogP contribution >= 0.6 is 0 Å². The van der Waals surface area contributed by atoms with Gasteiger partial charge in [0.25, 0.3) is 11.8 Å². The number of nitrogens with zero attached hydrogens (tertiary/aromatic N) is 1. The van der Waals surface area contributed by atoms with Crippen molar-refractivity contribution in [1.29, 1.82) is 0 Å². The Balaban J connectivity index is 1.25. The Morgan fingerprint density at radius 2 is 1.65 bits per heavy atom. The number of carbonyl (C=O) groups is 3. The molecule has 0 aliphatic carbocycles. The van der Waals surface area contributed by atoms with E-state index in [1.165, 1.54) is 4.90 Å². The second-order valence-corrected chi connectivity index (χ2v) is 8.93. The van der Waals surface area contributed by atoms with Crippen molar-refractivity contribution in [3.63, 3.8) is 0 Å². The second-order valence-electron chi connectivity index (χ2n) is 8.93. The lowest BCUT2D eigenvalue weighted by Gasteiger charge is -2.17. The second kappa shape index (κ2) is 10.7. The fourth-order valence-corrected chi connectivity index (χ4v) is 4.84. The fraction of sp³-hybridized carbons (Fsp3) is 0.233. The monoisotopic (exact) mass is 496 g/mol. The van der Waals surface area contributed by atoms with E-state index in [2.05, 4.69) is 4.98 Å². The van der Waals surface area contributed by atoms with Crippen LogP contribution in [0.25, 0.3) is 10.9 Å². The molecule has 37 heavy (non-hydrogen) atoms. The predicted molar refractivity (Wildman–Crippen MR) is 140 cm³/mol. The fourth-order valence-electron chi connectivity index (χ4n) is 4.84. The number of hydrogen-bond donors (Lipinski definition) is 1. The Bertz CT molecular complexity index is 1410. The van der Waals surface area contributed by atoms with Crippen LogP contribution in [0.5, 0.6) is 5.75 Å². The molecule has 0 saturated heterocycles. The largest absolute Gasteiger partial charge is 0.493 e. The summed E-state index contributed by atoms with van der Waals surface area (Å²) in [6.07, 6.45) is 2.71. The third-order valence-electron chi connectivity index (χ3n) is 6.61. The first-order valence-corrected chi connectivity index (χ1v) is 12.5. The van der Waals surface area contributed by atoms with Gasteiger partial charge in [-0.15, -0.1) is 0 Å². The zero-order chi connectivity index (χ0) is 25.8. The van der Waals surface area contributed by atoms with Gasteiger partial charge in [-0.05, 0) is 48.7 Å². The van der Waals surface area contributed by atoms with E-state index in [1.54, 1.807) is 24.3 Å². The molecule has 0 fully saturated rings. The van der Waals surface area contributed by atoms with Crippen LogP contribution in [0, 0.1) is 0 Å². The number of ether oxygens (including phenoxy) is 2. The van der Waals surface area contributed by atoms with Crippen LogP contribution in [0.1, 0.15) is 57.5 Å². The molecule has 3 aromatic carbocycles. The zero-order valence-corrected chi connectivity index (χ0v) is 20.6. The molecule has 1 atom stereocenters. The van der Waals surface area contributed by atoms with Gasteiger partial charge in [-0.3, -0.25) is 19.3 Å². The molecule has 1 aliphatic rings. The first kappa shape index (κ1) is 24.3. The Morgan fingerprint density at radius 3 is 2.35 bits per heavy atom. The minimum absolute atomic E-state index is 0.138. The van der Waals surface area contributed by atoms with Gasteiger partial charge in [0.1, 0.15) is 5.75 Å². The third kappa shape index (κ3) is 4.98. The number of aromatic amines is 1. The van der Waals surface area contributed by atoms with Crippen LogP contribution in [-0.2, 0) is 9.53 Å². The highest BCUT2D eigenvalue weighted by atomic mass is 16.5. The van der Waals surface area contributed by atoms with Gasteiger partial charge >= 0.3 is 5.97 Å². The molecule has 5 rings (SSSR count). The van der Waals surface area contributed by atoms with E-state index in [4.69, 9.17) is 9.47 Å². The summed E-state index contributed by atoms with van der Waals surface area (Å²) in [5, 5.41) is 1.01. The number of benzene rings is 3. The topological polar surface area (TPSA) is 88.7 Å². The molecule has 1 aromatic heterocycles. The first-order valence-electron chi connectivity index (χ1n) is 12.5. The van der Waals surface area contributed by atoms with Crippen molar-refractivity contribution in [2.24, 2.45) is 0 Å². The van der Waals surface area contributed by atoms with Gasteiger partial charge in [0.05, 0.1) is 30.8 Å². The molecule has 4 aromatic rings. The molecule has 1 aliphatic heterocycles. The van der Waals surface area contributed by atoms with E-state index >= 15 is 0 Å². The lowest BCUT2D eigenvalue weighted by atomic mass is 9.88. The molecule has 0 bridgehead atoms. The minimum atomic E-state index is -0.253. The van der Waals surface area contributed by atoms with Gasteiger partial charge in [-0.25, -0.2) is 0 Å². The van der Waals surface area contributed by atoms with Crippen molar-refractivity contribution in [3.8, 4) is 5.75 Å². The normalized spacial score (nSPS) is 13.6. The molecule has 1 N–H and O–H groups in total. The number of H-pyrrole nitrogens is 1. The van der Waals surface area contributed by atoms with E-state index in [0.29, 0.717) is 43.1 Å². The Kier molecular flexibility index (Phi) is 7.03. The van der Waals surface area contributed by atoms with Gasteiger partial charge in [0, 0.05) is 35.6 Å². The van der Waals surface area contributed by atoms with Gasteiger partial charge in [-0.2, -0.15) is 0 Å². The molecule has 0 radical (unpaired) electrons. The molecular formula is C30H28N2O5. The quantitative estimate of drug-likeness (QED) is 0.182. The van der Waals surface area contributed by atoms with Crippen LogP contribution in [0.15, 0.2) is 79.0 Å². The first-order chi connectivity index (χ1) is 18.1. The summed E-state index contributed by atoms with van der Waals surface area (Å²) in [7, 11) is 0.